The molecule has 18 heavy (non-hydrogen) atoms. The predicted molar refractivity (Wildman–Crippen MR) is 69.9 cm³/mol. The van der Waals surface area contributed by atoms with E-state index >= 15 is 0 Å². The van der Waals surface area contributed by atoms with Crippen LogP contribution in [0.3, 0.4) is 0 Å². The van der Waals surface area contributed by atoms with E-state index in [1.165, 1.54) is 0 Å². The minimum Gasteiger partial charge on any atom is -0.466 e. The van der Waals surface area contributed by atoms with Gasteiger partial charge in [-0.1, -0.05) is 18.2 Å². The molecule has 0 fully saturated rings. The summed E-state index contributed by atoms with van der Waals surface area (Å²) in [4.78, 5) is 15.7. The first kappa shape index (κ1) is 12.5. The van der Waals surface area contributed by atoms with Crippen LogP contribution in [0.2, 0.25) is 0 Å². The van der Waals surface area contributed by atoms with Crippen molar-refractivity contribution in [3.05, 3.63) is 42.1 Å². The van der Waals surface area contributed by atoms with E-state index in [4.69, 9.17) is 10.5 Å². The summed E-state index contributed by atoms with van der Waals surface area (Å²) in [7, 11) is 0. The Morgan fingerprint density at radius 3 is 2.94 bits per heavy atom. The van der Waals surface area contributed by atoms with Crippen LogP contribution in [0.4, 0.5) is 0 Å². The molecule has 0 aliphatic rings. The van der Waals surface area contributed by atoms with Gasteiger partial charge in [-0.05, 0) is 24.6 Å². The molecule has 4 nitrogen and oxygen atoms in total. The van der Waals surface area contributed by atoms with Gasteiger partial charge in [-0.25, -0.2) is 0 Å². The molecule has 0 aliphatic carbocycles. The van der Waals surface area contributed by atoms with E-state index in [1.807, 2.05) is 30.3 Å². The van der Waals surface area contributed by atoms with Gasteiger partial charge in [-0.15, -0.1) is 0 Å². The molecule has 1 aromatic carbocycles. The molecule has 0 saturated carbocycles. The van der Waals surface area contributed by atoms with Crippen molar-refractivity contribution < 1.29 is 9.53 Å². The zero-order valence-corrected chi connectivity index (χ0v) is 10.3. The number of carbonyl (C=O) groups excluding carboxylic acids is 1. The summed E-state index contributed by atoms with van der Waals surface area (Å²) in [5.74, 6) is -0.272. The van der Waals surface area contributed by atoms with Gasteiger partial charge in [-0.3, -0.25) is 9.78 Å². The molecule has 0 radical (unpaired) electrons. The minimum atomic E-state index is -0.364. The number of pyridine rings is 1. The Morgan fingerprint density at radius 2 is 2.17 bits per heavy atom. The van der Waals surface area contributed by atoms with E-state index in [1.54, 1.807) is 13.1 Å². The van der Waals surface area contributed by atoms with Gasteiger partial charge in [0.25, 0.3) is 0 Å². The molecule has 1 unspecified atom stereocenters. The first-order valence-corrected chi connectivity index (χ1v) is 5.97. The highest BCUT2D eigenvalue weighted by molar-refractivity contribution is 5.83. The van der Waals surface area contributed by atoms with Gasteiger partial charge in [0.15, 0.2) is 0 Å². The summed E-state index contributed by atoms with van der Waals surface area (Å²) in [6, 6.07) is 9.24. The number of ether oxygens (including phenoxy) is 1. The van der Waals surface area contributed by atoms with Crippen LogP contribution in [-0.4, -0.2) is 17.6 Å². The third kappa shape index (κ3) is 2.65. The lowest BCUT2D eigenvalue weighted by Gasteiger charge is -2.13. The number of nitrogens with two attached hydrogens (primary N) is 1. The Labute approximate surface area is 106 Å². The topological polar surface area (TPSA) is 65.2 Å². The normalized spacial score (nSPS) is 12.3. The summed E-state index contributed by atoms with van der Waals surface area (Å²) in [5, 5.41) is 0.983. The number of nitrogens with zero attached hydrogens (tertiary/aromatic N) is 1. The first-order valence-electron chi connectivity index (χ1n) is 5.97. The van der Waals surface area contributed by atoms with Crippen LogP contribution in [-0.2, 0) is 9.53 Å². The maximum atomic E-state index is 11.4. The van der Waals surface area contributed by atoms with Gasteiger partial charge in [0, 0.05) is 17.6 Å². The van der Waals surface area contributed by atoms with E-state index < -0.39 is 0 Å². The van der Waals surface area contributed by atoms with Crippen molar-refractivity contribution in [1.29, 1.82) is 0 Å². The number of carbonyl (C=O) groups is 1. The maximum Gasteiger partial charge on any atom is 0.307 e. The van der Waals surface area contributed by atoms with Gasteiger partial charge in [0.2, 0.25) is 0 Å². The molecule has 1 aromatic heterocycles. The molecule has 1 atom stereocenters. The van der Waals surface area contributed by atoms with E-state index in [-0.39, 0.29) is 18.4 Å². The second-order valence-corrected chi connectivity index (χ2v) is 4.03. The lowest BCUT2D eigenvalue weighted by Crippen LogP contribution is -2.17. The molecule has 0 aliphatic heterocycles. The SMILES string of the molecule is CCOC(=O)CC(N)c1ccnc2ccccc12. The van der Waals surface area contributed by atoms with Gasteiger partial charge >= 0.3 is 5.97 Å². The highest BCUT2D eigenvalue weighted by atomic mass is 16.5. The van der Waals surface area contributed by atoms with E-state index in [2.05, 4.69) is 4.98 Å². The highest BCUT2D eigenvalue weighted by Gasteiger charge is 2.14. The summed E-state index contributed by atoms with van der Waals surface area (Å²) < 4.78 is 4.91. The van der Waals surface area contributed by atoms with Crippen LogP contribution in [0.1, 0.15) is 24.9 Å². The first-order chi connectivity index (χ1) is 8.72. The van der Waals surface area contributed by atoms with Crippen molar-refractivity contribution in [2.45, 2.75) is 19.4 Å². The van der Waals surface area contributed by atoms with Crippen LogP contribution in [0, 0.1) is 0 Å². The predicted octanol–water partition coefficient (Wildman–Crippen LogP) is 2.19. The third-order valence-electron chi connectivity index (χ3n) is 2.77. The number of rotatable bonds is 4. The molecule has 4 heteroatoms. The van der Waals surface area contributed by atoms with Crippen molar-refractivity contribution in [1.82, 2.24) is 4.98 Å². The van der Waals surface area contributed by atoms with Gasteiger partial charge in [0.1, 0.15) is 0 Å². The summed E-state index contributed by atoms with van der Waals surface area (Å²) >= 11 is 0. The fourth-order valence-corrected chi connectivity index (χ4v) is 1.95. The van der Waals surface area contributed by atoms with E-state index in [0.717, 1.165) is 16.5 Å². The van der Waals surface area contributed by atoms with Crippen molar-refractivity contribution in [2.75, 3.05) is 6.61 Å². The minimum absolute atomic E-state index is 0.182. The molecule has 0 spiro atoms. The lowest BCUT2D eigenvalue weighted by atomic mass is 10.0. The maximum absolute atomic E-state index is 11.4. The fraction of sp³-hybridized carbons (Fsp3) is 0.286. The molecule has 0 saturated heterocycles. The van der Waals surface area contributed by atoms with Crippen molar-refractivity contribution in [2.24, 2.45) is 5.73 Å². The number of hydrogen-bond donors (Lipinski definition) is 1. The van der Waals surface area contributed by atoms with Crippen molar-refractivity contribution >= 4 is 16.9 Å². The molecule has 2 aromatic rings. The lowest BCUT2D eigenvalue weighted by molar-refractivity contribution is -0.143. The quantitative estimate of drug-likeness (QED) is 0.837. The molecular weight excluding hydrogens is 228 g/mol. The Bertz CT molecular complexity index is 549. The standard InChI is InChI=1S/C14H16N2O2/c1-2-18-14(17)9-12(15)10-7-8-16-13-6-4-3-5-11(10)13/h3-8,12H,2,9,15H2,1H3. The Balaban J connectivity index is 2.27. The molecule has 0 amide bonds. The smallest absolute Gasteiger partial charge is 0.307 e. The van der Waals surface area contributed by atoms with E-state index in [0.29, 0.717) is 6.61 Å². The molecule has 2 N–H and O–H groups in total. The highest BCUT2D eigenvalue weighted by Crippen LogP contribution is 2.23. The summed E-state index contributed by atoms with van der Waals surface area (Å²) in [5.41, 5.74) is 7.87. The molecule has 1 heterocycles. The fourth-order valence-electron chi connectivity index (χ4n) is 1.95. The number of fused-ring (bicyclic) bond motifs is 1. The second-order valence-electron chi connectivity index (χ2n) is 4.03. The summed E-state index contributed by atoms with van der Waals surface area (Å²) in [6.07, 6.45) is 1.89. The molecule has 0 bridgehead atoms. The number of hydrogen-bond acceptors (Lipinski definition) is 4. The molecule has 2 rings (SSSR count). The van der Waals surface area contributed by atoms with Crippen LogP contribution in [0.15, 0.2) is 36.5 Å². The van der Waals surface area contributed by atoms with Gasteiger partial charge < -0.3 is 10.5 Å². The zero-order chi connectivity index (χ0) is 13.0. The van der Waals surface area contributed by atoms with Crippen LogP contribution >= 0.6 is 0 Å². The largest absolute Gasteiger partial charge is 0.466 e. The van der Waals surface area contributed by atoms with E-state index in [9.17, 15) is 4.79 Å². The van der Waals surface area contributed by atoms with Crippen molar-refractivity contribution in [3.63, 3.8) is 0 Å². The second kappa shape index (κ2) is 5.60. The Hall–Kier alpha value is -1.94. The number of esters is 1. The zero-order valence-electron chi connectivity index (χ0n) is 10.3. The molecular formula is C14H16N2O2. The number of aromatic nitrogens is 1. The van der Waals surface area contributed by atoms with Gasteiger partial charge in [-0.2, -0.15) is 0 Å². The summed E-state index contributed by atoms with van der Waals surface area (Å²) in [6.45, 7) is 2.16. The average molecular weight is 244 g/mol. The number of benzene rings is 1. The van der Waals surface area contributed by atoms with Crippen LogP contribution in [0.25, 0.3) is 10.9 Å². The van der Waals surface area contributed by atoms with Gasteiger partial charge in [0.05, 0.1) is 18.5 Å². The van der Waals surface area contributed by atoms with Crippen LogP contribution in [0.5, 0.6) is 0 Å². The Morgan fingerprint density at radius 1 is 1.39 bits per heavy atom. The Kier molecular flexibility index (Phi) is 3.89. The number of para-hydroxylation sites is 1. The molecule has 94 valence electrons. The average Bonchev–Trinajstić information content (AvgIpc) is 2.38. The van der Waals surface area contributed by atoms with Crippen molar-refractivity contribution in [3.8, 4) is 0 Å². The van der Waals surface area contributed by atoms with Crippen LogP contribution < -0.4 is 5.73 Å². The third-order valence-corrected chi connectivity index (χ3v) is 2.77. The monoisotopic (exact) mass is 244 g/mol.